The molecular formula is C20H28N4O2S. The number of nitrogens with one attached hydrogen (secondary N) is 1. The highest BCUT2D eigenvalue weighted by atomic mass is 32.2. The number of carbonyl (C=O) groups is 1. The van der Waals surface area contributed by atoms with Gasteiger partial charge in [-0.3, -0.25) is 14.2 Å². The Morgan fingerprint density at radius 2 is 2.11 bits per heavy atom. The number of hydrogen-bond donors (Lipinski definition) is 1. The van der Waals surface area contributed by atoms with E-state index in [4.69, 9.17) is 0 Å². The lowest BCUT2D eigenvalue weighted by atomic mass is 10.2. The van der Waals surface area contributed by atoms with Crippen LogP contribution in [0.15, 0.2) is 34.2 Å². The first-order chi connectivity index (χ1) is 13.0. The zero-order valence-corrected chi connectivity index (χ0v) is 17.1. The van der Waals surface area contributed by atoms with Crippen LogP contribution in [-0.4, -0.2) is 52.8 Å². The van der Waals surface area contributed by atoms with E-state index in [0.29, 0.717) is 28.5 Å². The highest BCUT2D eigenvalue weighted by Crippen LogP contribution is 2.32. The van der Waals surface area contributed by atoms with Gasteiger partial charge in [0.25, 0.3) is 5.56 Å². The van der Waals surface area contributed by atoms with E-state index in [1.54, 1.807) is 4.57 Å². The van der Waals surface area contributed by atoms with Crippen molar-refractivity contribution in [3.8, 4) is 0 Å². The molecule has 1 aliphatic rings. The number of aromatic nitrogens is 2. The second-order valence-corrected chi connectivity index (χ2v) is 8.45. The third-order valence-electron chi connectivity index (χ3n) is 4.86. The molecule has 0 saturated heterocycles. The zero-order chi connectivity index (χ0) is 19.4. The number of amides is 1. The third-order valence-corrected chi connectivity index (χ3v) is 5.84. The fraction of sp³-hybridized carbons (Fsp3) is 0.550. The van der Waals surface area contributed by atoms with E-state index >= 15 is 0 Å². The van der Waals surface area contributed by atoms with Gasteiger partial charge in [-0.25, -0.2) is 4.98 Å². The predicted octanol–water partition coefficient (Wildman–Crippen LogP) is 2.36. The highest BCUT2D eigenvalue weighted by molar-refractivity contribution is 7.99. The molecule has 0 radical (unpaired) electrons. The largest absolute Gasteiger partial charge is 0.353 e. The monoisotopic (exact) mass is 388 g/mol. The van der Waals surface area contributed by atoms with Gasteiger partial charge in [0.1, 0.15) is 0 Å². The summed E-state index contributed by atoms with van der Waals surface area (Å²) < 4.78 is 1.72. The lowest BCUT2D eigenvalue weighted by molar-refractivity contribution is -0.119. The summed E-state index contributed by atoms with van der Waals surface area (Å²) in [5.41, 5.74) is 0.647. The number of carbonyl (C=O) groups excluding carboxylic acids is 1. The van der Waals surface area contributed by atoms with Gasteiger partial charge in [-0.05, 0) is 64.9 Å². The number of hydrogen-bond acceptors (Lipinski definition) is 5. The minimum absolute atomic E-state index is 0.00153. The van der Waals surface area contributed by atoms with Crippen LogP contribution < -0.4 is 10.9 Å². The summed E-state index contributed by atoms with van der Waals surface area (Å²) >= 11 is 1.34. The molecule has 0 spiro atoms. The Bertz CT molecular complexity index is 861. The molecule has 7 heteroatoms. The maximum Gasteiger partial charge on any atom is 0.262 e. The predicted molar refractivity (Wildman–Crippen MR) is 110 cm³/mol. The number of fused-ring (bicyclic) bond motifs is 1. The first-order valence-corrected chi connectivity index (χ1v) is 10.5. The molecule has 3 rings (SSSR count). The minimum Gasteiger partial charge on any atom is -0.353 e. The summed E-state index contributed by atoms with van der Waals surface area (Å²) in [6.45, 7) is 3.55. The average Bonchev–Trinajstić information content (AvgIpc) is 3.47. The molecule has 1 aromatic carbocycles. The van der Waals surface area contributed by atoms with Crippen molar-refractivity contribution < 1.29 is 4.79 Å². The van der Waals surface area contributed by atoms with Gasteiger partial charge in [-0.2, -0.15) is 0 Å². The first kappa shape index (κ1) is 19.9. The standard InChI is InChI=1S/C20H28N4O2S/c1-14(15-9-10-15)21-18(25)13-27-20-22-17-8-5-4-7-16(17)19(26)24(20)12-6-11-23(2)3/h4-5,7-8,14-15H,6,9-13H2,1-3H3,(H,21,25)/t14-/m0/s1. The Hall–Kier alpha value is -1.86. The van der Waals surface area contributed by atoms with Gasteiger partial charge >= 0.3 is 0 Å². The van der Waals surface area contributed by atoms with Crippen LogP contribution in [-0.2, 0) is 11.3 Å². The quantitative estimate of drug-likeness (QED) is 0.528. The van der Waals surface area contributed by atoms with E-state index in [1.165, 1.54) is 24.6 Å². The van der Waals surface area contributed by atoms with Crippen molar-refractivity contribution in [3.63, 3.8) is 0 Å². The zero-order valence-electron chi connectivity index (χ0n) is 16.3. The van der Waals surface area contributed by atoms with Gasteiger partial charge in [-0.1, -0.05) is 23.9 Å². The molecule has 0 unspecified atom stereocenters. The second-order valence-electron chi connectivity index (χ2n) is 7.51. The van der Waals surface area contributed by atoms with Crippen molar-refractivity contribution in [2.24, 2.45) is 5.92 Å². The van der Waals surface area contributed by atoms with Crippen LogP contribution in [0.25, 0.3) is 10.9 Å². The van der Waals surface area contributed by atoms with E-state index in [2.05, 4.69) is 22.1 Å². The van der Waals surface area contributed by atoms with Crippen molar-refractivity contribution in [3.05, 3.63) is 34.6 Å². The van der Waals surface area contributed by atoms with Crippen molar-refractivity contribution in [2.45, 2.75) is 43.9 Å². The van der Waals surface area contributed by atoms with Crippen molar-refractivity contribution in [1.29, 1.82) is 0 Å². The van der Waals surface area contributed by atoms with Crippen LogP contribution in [0.4, 0.5) is 0 Å². The van der Waals surface area contributed by atoms with E-state index < -0.39 is 0 Å². The molecule has 1 atom stereocenters. The molecule has 6 nitrogen and oxygen atoms in total. The van der Waals surface area contributed by atoms with Crippen molar-refractivity contribution in [2.75, 3.05) is 26.4 Å². The Balaban J connectivity index is 1.76. The molecule has 1 aromatic heterocycles. The average molecular weight is 389 g/mol. The van der Waals surface area contributed by atoms with Crippen LogP contribution in [0.1, 0.15) is 26.2 Å². The molecule has 1 heterocycles. The fourth-order valence-electron chi connectivity index (χ4n) is 3.14. The van der Waals surface area contributed by atoms with Crippen LogP contribution in [0.3, 0.4) is 0 Å². The Labute approximate surface area is 164 Å². The van der Waals surface area contributed by atoms with E-state index in [1.807, 2.05) is 38.4 Å². The summed E-state index contributed by atoms with van der Waals surface area (Å²) in [6.07, 6.45) is 3.25. The molecule has 1 N–H and O–H groups in total. The highest BCUT2D eigenvalue weighted by Gasteiger charge is 2.28. The van der Waals surface area contributed by atoms with E-state index in [9.17, 15) is 9.59 Å². The minimum atomic E-state index is -0.0337. The smallest absolute Gasteiger partial charge is 0.262 e. The number of rotatable bonds is 9. The number of benzene rings is 1. The molecule has 146 valence electrons. The Kier molecular flexibility index (Phi) is 6.55. The maximum atomic E-state index is 12.9. The van der Waals surface area contributed by atoms with Gasteiger partial charge in [0.2, 0.25) is 5.91 Å². The van der Waals surface area contributed by atoms with Crippen molar-refractivity contribution in [1.82, 2.24) is 19.8 Å². The molecule has 0 aliphatic heterocycles. The van der Waals surface area contributed by atoms with Gasteiger partial charge < -0.3 is 10.2 Å². The van der Waals surface area contributed by atoms with E-state index in [0.717, 1.165) is 13.0 Å². The van der Waals surface area contributed by atoms with Crippen LogP contribution >= 0.6 is 11.8 Å². The van der Waals surface area contributed by atoms with Gasteiger partial charge in [0.15, 0.2) is 5.16 Å². The Morgan fingerprint density at radius 1 is 1.37 bits per heavy atom. The Morgan fingerprint density at radius 3 is 2.81 bits per heavy atom. The normalized spacial score (nSPS) is 15.3. The molecule has 2 aromatic rings. The SMILES string of the molecule is C[C@H](NC(=O)CSc1nc2ccccc2c(=O)n1CCCN(C)C)C1CC1. The number of nitrogens with zero attached hydrogens (tertiary/aromatic N) is 3. The maximum absolute atomic E-state index is 12.9. The van der Waals surface area contributed by atoms with Gasteiger partial charge in [-0.15, -0.1) is 0 Å². The number of para-hydroxylation sites is 1. The molecule has 0 bridgehead atoms. The van der Waals surface area contributed by atoms with Crippen molar-refractivity contribution >= 4 is 28.6 Å². The van der Waals surface area contributed by atoms with Crippen LogP contribution in [0, 0.1) is 5.92 Å². The molecule has 1 saturated carbocycles. The summed E-state index contributed by atoms with van der Waals surface area (Å²) in [4.78, 5) is 32.0. The fourth-order valence-corrected chi connectivity index (χ4v) is 3.98. The van der Waals surface area contributed by atoms with Crippen LogP contribution in [0.5, 0.6) is 0 Å². The molecule has 1 fully saturated rings. The summed E-state index contributed by atoms with van der Waals surface area (Å²) in [5, 5.41) is 4.30. The molecule has 27 heavy (non-hydrogen) atoms. The summed E-state index contributed by atoms with van der Waals surface area (Å²) in [5.74, 6) is 0.902. The first-order valence-electron chi connectivity index (χ1n) is 9.52. The topological polar surface area (TPSA) is 67.2 Å². The van der Waals surface area contributed by atoms with Crippen LogP contribution in [0.2, 0.25) is 0 Å². The lowest BCUT2D eigenvalue weighted by Crippen LogP contribution is -2.35. The summed E-state index contributed by atoms with van der Waals surface area (Å²) in [7, 11) is 4.03. The van der Waals surface area contributed by atoms with E-state index in [-0.39, 0.29) is 23.3 Å². The molecule has 1 aliphatic carbocycles. The third kappa shape index (κ3) is 5.32. The molecular weight excluding hydrogens is 360 g/mol. The van der Waals surface area contributed by atoms with Gasteiger partial charge in [0.05, 0.1) is 16.7 Å². The molecule has 1 amide bonds. The lowest BCUT2D eigenvalue weighted by Gasteiger charge is -2.16. The van der Waals surface area contributed by atoms with Gasteiger partial charge in [0, 0.05) is 12.6 Å². The number of thioether (sulfide) groups is 1. The summed E-state index contributed by atoms with van der Waals surface area (Å²) in [6, 6.07) is 7.62. The second kappa shape index (κ2) is 8.89.